The Labute approximate surface area is 397 Å². The maximum atomic E-state index is 6.70. The van der Waals surface area contributed by atoms with Crippen LogP contribution in [0.5, 0.6) is 0 Å². The van der Waals surface area contributed by atoms with E-state index < -0.39 is 0 Å². The molecule has 4 atom stereocenters. The Morgan fingerprint density at radius 1 is 0.731 bits per heavy atom. The standard InChI is InChI=1S/C63H61BN2O/c1-37-33-50-51(62(4,5)32-31-61(50,2)3)36-46(37)54-48-35-40(66(38-19-10-8-11-20-38)39-21-12-9-13-22-39)34-47(43-25-18-26-45-58(43)65-59-44-24-15-17-28-53(44)67-60(45)59)57(48)64-52-30-29-42-41-23-14-16-27-49(41)63(6,7)56(42)55(52)54/h8-24,26-30,33,35,40,43,46,54,64-65H,25,31-32,34,36H2,1-7H3. The van der Waals surface area contributed by atoms with E-state index in [4.69, 9.17) is 4.42 Å². The number of rotatable bonds is 5. The Balaban J connectivity index is 1.09. The normalized spacial score (nSPS) is 23.9. The lowest BCUT2D eigenvalue weighted by atomic mass is 9.45. The summed E-state index contributed by atoms with van der Waals surface area (Å²) in [6, 6.07) is 45.3. The van der Waals surface area contributed by atoms with Gasteiger partial charge in [0.1, 0.15) is 5.58 Å². The van der Waals surface area contributed by atoms with Crippen LogP contribution in [0, 0.1) is 16.7 Å². The molecule has 7 aromatic rings. The van der Waals surface area contributed by atoms with Crippen molar-refractivity contribution >= 4 is 52.3 Å². The van der Waals surface area contributed by atoms with Crippen LogP contribution in [-0.4, -0.2) is 18.3 Å². The van der Waals surface area contributed by atoms with E-state index in [2.05, 4.69) is 204 Å². The summed E-state index contributed by atoms with van der Waals surface area (Å²) in [5.74, 6) is 0.687. The van der Waals surface area contributed by atoms with Gasteiger partial charge in [0, 0.05) is 45.3 Å². The summed E-state index contributed by atoms with van der Waals surface area (Å²) in [5, 5.41) is 1.16. The first-order valence-corrected chi connectivity index (χ1v) is 25.1. The number of furan rings is 1. The van der Waals surface area contributed by atoms with Gasteiger partial charge in [0.25, 0.3) is 0 Å². The van der Waals surface area contributed by atoms with Gasteiger partial charge in [-0.2, -0.15) is 0 Å². The van der Waals surface area contributed by atoms with Crippen molar-refractivity contribution in [1.29, 1.82) is 0 Å². The number of aromatic nitrogens is 1. The highest BCUT2D eigenvalue weighted by Crippen LogP contribution is 2.61. The maximum Gasteiger partial charge on any atom is 0.193 e. The number of nitrogens with zero attached hydrogens (tertiary/aromatic N) is 1. The van der Waals surface area contributed by atoms with Gasteiger partial charge in [-0.1, -0.05) is 178 Å². The molecule has 67 heavy (non-hydrogen) atoms. The fourth-order valence-corrected chi connectivity index (χ4v) is 14.2. The van der Waals surface area contributed by atoms with Crippen molar-refractivity contribution in [2.75, 3.05) is 4.90 Å². The van der Waals surface area contributed by atoms with Crippen LogP contribution in [0.25, 0.3) is 39.3 Å². The zero-order valence-corrected chi connectivity index (χ0v) is 40.3. The molecule has 0 amide bonds. The molecule has 0 radical (unpaired) electrons. The number of para-hydroxylation sites is 3. The van der Waals surface area contributed by atoms with Crippen molar-refractivity contribution in [2.24, 2.45) is 16.7 Å². The minimum Gasteiger partial charge on any atom is -0.454 e. The third-order valence-corrected chi connectivity index (χ3v) is 17.6. The van der Waals surface area contributed by atoms with Crippen LogP contribution in [0.4, 0.5) is 11.4 Å². The summed E-state index contributed by atoms with van der Waals surface area (Å²) in [6.45, 7) is 17.6. The van der Waals surface area contributed by atoms with Gasteiger partial charge in [0.2, 0.25) is 0 Å². The summed E-state index contributed by atoms with van der Waals surface area (Å²) >= 11 is 0. The van der Waals surface area contributed by atoms with Gasteiger partial charge >= 0.3 is 0 Å². The van der Waals surface area contributed by atoms with Crippen molar-refractivity contribution in [1.82, 2.24) is 4.98 Å². The molecule has 0 fully saturated rings. The topological polar surface area (TPSA) is 32.2 Å². The Kier molecular flexibility index (Phi) is 8.94. The van der Waals surface area contributed by atoms with Crippen LogP contribution in [0.3, 0.4) is 0 Å². The number of allylic oxidation sites excluding steroid dienone is 7. The monoisotopic (exact) mass is 872 g/mol. The van der Waals surface area contributed by atoms with Crippen LogP contribution >= 0.6 is 0 Å². The van der Waals surface area contributed by atoms with Crippen LogP contribution in [0.15, 0.2) is 177 Å². The number of nitrogens with one attached hydrogen (secondary N) is 1. The quantitative estimate of drug-likeness (QED) is 0.175. The van der Waals surface area contributed by atoms with E-state index in [1.54, 1.807) is 44.5 Å². The predicted molar refractivity (Wildman–Crippen MR) is 282 cm³/mol. The van der Waals surface area contributed by atoms with E-state index in [-0.39, 0.29) is 34.1 Å². The third-order valence-electron chi connectivity index (χ3n) is 17.6. The van der Waals surface area contributed by atoms with Gasteiger partial charge in [-0.05, 0) is 131 Å². The Bertz CT molecular complexity index is 3320. The van der Waals surface area contributed by atoms with E-state index in [0.717, 1.165) is 48.6 Å². The molecule has 0 spiro atoms. The van der Waals surface area contributed by atoms with Crippen LogP contribution in [-0.2, 0) is 5.41 Å². The summed E-state index contributed by atoms with van der Waals surface area (Å²) in [7, 11) is 0.938. The number of aromatic amines is 1. The molecule has 3 nitrogen and oxygen atoms in total. The minimum absolute atomic E-state index is 0.0883. The van der Waals surface area contributed by atoms with Crippen molar-refractivity contribution in [3.05, 3.63) is 201 Å². The van der Waals surface area contributed by atoms with E-state index in [1.807, 2.05) is 0 Å². The molecule has 5 aliphatic carbocycles. The van der Waals surface area contributed by atoms with E-state index in [9.17, 15) is 0 Å². The minimum atomic E-state index is -0.138. The largest absolute Gasteiger partial charge is 0.454 e. The van der Waals surface area contributed by atoms with Gasteiger partial charge in [-0.3, -0.25) is 0 Å². The zero-order valence-electron chi connectivity index (χ0n) is 40.3. The second-order valence-electron chi connectivity index (χ2n) is 22.6. The van der Waals surface area contributed by atoms with E-state index in [0.29, 0.717) is 5.92 Å². The number of anilines is 2. The Hall–Kier alpha value is -6.26. The first-order valence-electron chi connectivity index (χ1n) is 25.1. The second kappa shape index (κ2) is 14.6. The first kappa shape index (κ1) is 41.0. The molecule has 1 N–H and O–H groups in total. The number of benzene rings is 5. The van der Waals surface area contributed by atoms with Gasteiger partial charge in [-0.25, -0.2) is 0 Å². The van der Waals surface area contributed by atoms with Crippen molar-refractivity contribution < 1.29 is 4.42 Å². The van der Waals surface area contributed by atoms with Crippen molar-refractivity contribution in [2.45, 2.75) is 104 Å². The van der Waals surface area contributed by atoms with Crippen LogP contribution < -0.4 is 10.4 Å². The van der Waals surface area contributed by atoms with Gasteiger partial charge in [0.15, 0.2) is 12.9 Å². The fraction of sp³-hybridized carbons (Fsp3) is 0.302. The van der Waals surface area contributed by atoms with Gasteiger partial charge < -0.3 is 14.3 Å². The second-order valence-corrected chi connectivity index (χ2v) is 22.6. The molecule has 5 aromatic carbocycles. The highest BCUT2D eigenvalue weighted by Gasteiger charge is 2.49. The molecule has 6 aliphatic rings. The van der Waals surface area contributed by atoms with E-state index in [1.165, 1.54) is 57.6 Å². The predicted octanol–water partition coefficient (Wildman–Crippen LogP) is 15.5. The summed E-state index contributed by atoms with van der Waals surface area (Å²) in [4.78, 5) is 6.71. The number of hydrogen-bond donors (Lipinski definition) is 1. The summed E-state index contributed by atoms with van der Waals surface area (Å²) in [6.07, 6.45) is 15.7. The molecule has 332 valence electrons. The Morgan fingerprint density at radius 3 is 2.21 bits per heavy atom. The molecular weight excluding hydrogens is 812 g/mol. The van der Waals surface area contributed by atoms with Gasteiger partial charge in [0.05, 0.1) is 11.6 Å². The number of fused-ring (bicyclic) bond motifs is 11. The SMILES string of the molecule is CC1=CC2=C(CC1C1C3=CC(N(c4ccccc4)c4ccccc4)CC(C4CC=Cc5c4[nH]c4c5oc5ccccc54)=C3Bc3ccc4c(c31)C(C)(C)c1ccccc1-4)C(C)(C)CCC2(C)C. The van der Waals surface area contributed by atoms with Crippen LogP contribution in [0.2, 0.25) is 0 Å². The van der Waals surface area contributed by atoms with Crippen LogP contribution in [0.1, 0.15) is 120 Å². The number of H-pyrrole nitrogens is 1. The summed E-state index contributed by atoms with van der Waals surface area (Å²) < 4.78 is 6.70. The molecule has 4 unspecified atom stereocenters. The average molecular weight is 873 g/mol. The molecule has 0 saturated heterocycles. The zero-order chi connectivity index (χ0) is 45.6. The summed E-state index contributed by atoms with van der Waals surface area (Å²) in [5.41, 5.74) is 26.7. The molecule has 1 aliphatic heterocycles. The highest BCUT2D eigenvalue weighted by molar-refractivity contribution is 6.64. The molecule has 13 rings (SSSR count). The maximum absolute atomic E-state index is 6.70. The lowest BCUT2D eigenvalue weighted by Gasteiger charge is -2.50. The molecule has 4 heteroatoms. The first-order chi connectivity index (χ1) is 32.4. The Morgan fingerprint density at radius 2 is 1.43 bits per heavy atom. The van der Waals surface area contributed by atoms with Crippen molar-refractivity contribution in [3.8, 4) is 11.1 Å². The lowest BCUT2D eigenvalue weighted by Crippen LogP contribution is -2.43. The lowest BCUT2D eigenvalue weighted by molar-refractivity contribution is 0.247. The third kappa shape index (κ3) is 6.03. The molecule has 3 heterocycles. The molecule has 0 saturated carbocycles. The fourth-order valence-electron chi connectivity index (χ4n) is 14.2. The van der Waals surface area contributed by atoms with Gasteiger partial charge in [-0.15, -0.1) is 0 Å². The van der Waals surface area contributed by atoms with Crippen molar-refractivity contribution in [3.63, 3.8) is 0 Å². The number of hydrogen-bond acceptors (Lipinski definition) is 2. The average Bonchev–Trinajstić information content (AvgIpc) is 3.96. The molecule has 0 bridgehead atoms. The highest BCUT2D eigenvalue weighted by atomic mass is 16.3. The molecular formula is C63H61BN2O. The smallest absolute Gasteiger partial charge is 0.193 e. The van der Waals surface area contributed by atoms with E-state index >= 15 is 0 Å². The molecule has 2 aromatic heterocycles.